The van der Waals surface area contributed by atoms with Crippen LogP contribution < -0.4 is 0 Å². The first kappa shape index (κ1) is 23.3. The van der Waals surface area contributed by atoms with Crippen LogP contribution in [-0.4, -0.2) is 46.5 Å². The number of rotatable bonds is 12. The second-order valence-corrected chi connectivity index (χ2v) is 7.19. The van der Waals surface area contributed by atoms with Crippen LogP contribution in [0.4, 0.5) is 0 Å². The molecule has 0 radical (unpaired) electrons. The lowest BCUT2D eigenvalue weighted by Crippen LogP contribution is -2.28. The molecule has 9 heteroatoms. The SMILES string of the molecule is C=CC(=O)OC(C)OC(C)OC(C)OCCOS(=O)(=O)c1ccc(C)cc1. The average molecular weight is 402 g/mol. The second kappa shape index (κ2) is 11.2. The number of ether oxygens (including phenoxy) is 4. The van der Waals surface area contributed by atoms with Gasteiger partial charge in [0.25, 0.3) is 10.1 Å². The summed E-state index contributed by atoms with van der Waals surface area (Å²) in [5.41, 5.74) is 0.952. The van der Waals surface area contributed by atoms with Gasteiger partial charge in [0.15, 0.2) is 12.6 Å². The summed E-state index contributed by atoms with van der Waals surface area (Å²) >= 11 is 0. The van der Waals surface area contributed by atoms with Gasteiger partial charge in [-0.05, 0) is 39.8 Å². The summed E-state index contributed by atoms with van der Waals surface area (Å²) in [6.45, 7) is 9.76. The molecule has 0 saturated carbocycles. The fraction of sp³-hybridized carbons (Fsp3) is 0.500. The predicted molar refractivity (Wildman–Crippen MR) is 97.1 cm³/mol. The summed E-state index contributed by atoms with van der Waals surface area (Å²) in [6, 6.07) is 6.35. The third-order valence-corrected chi connectivity index (χ3v) is 4.53. The van der Waals surface area contributed by atoms with E-state index in [1.165, 1.54) is 19.1 Å². The molecule has 0 amide bonds. The van der Waals surface area contributed by atoms with Crippen LogP contribution in [0, 0.1) is 6.92 Å². The van der Waals surface area contributed by atoms with Crippen LogP contribution in [0.25, 0.3) is 0 Å². The molecule has 152 valence electrons. The molecule has 0 bridgehead atoms. The van der Waals surface area contributed by atoms with Crippen LogP contribution in [-0.2, 0) is 38.0 Å². The minimum absolute atomic E-state index is 0.0000182. The molecule has 3 atom stereocenters. The van der Waals surface area contributed by atoms with Gasteiger partial charge in [0.1, 0.15) is 0 Å². The molecular weight excluding hydrogens is 376 g/mol. The Morgan fingerprint density at radius 3 is 2.22 bits per heavy atom. The zero-order chi connectivity index (χ0) is 20.4. The van der Waals surface area contributed by atoms with Crippen LogP contribution in [0.5, 0.6) is 0 Å². The van der Waals surface area contributed by atoms with E-state index in [9.17, 15) is 13.2 Å². The monoisotopic (exact) mass is 402 g/mol. The Morgan fingerprint density at radius 1 is 1.04 bits per heavy atom. The summed E-state index contributed by atoms with van der Waals surface area (Å²) in [5.74, 6) is -0.606. The van der Waals surface area contributed by atoms with Crippen LogP contribution >= 0.6 is 0 Å². The molecule has 27 heavy (non-hydrogen) atoms. The fourth-order valence-electron chi connectivity index (χ4n) is 1.98. The Labute approximate surface area is 160 Å². The molecule has 8 nitrogen and oxygen atoms in total. The van der Waals surface area contributed by atoms with Crippen molar-refractivity contribution in [2.24, 2.45) is 0 Å². The molecule has 0 fully saturated rings. The normalized spacial score (nSPS) is 15.0. The molecule has 1 aromatic rings. The summed E-state index contributed by atoms with van der Waals surface area (Å²) in [7, 11) is -3.83. The van der Waals surface area contributed by atoms with E-state index < -0.39 is 35.0 Å². The van der Waals surface area contributed by atoms with Crippen molar-refractivity contribution < 1.29 is 36.3 Å². The molecule has 0 heterocycles. The zero-order valence-electron chi connectivity index (χ0n) is 15.9. The Bertz CT molecular complexity index is 699. The van der Waals surface area contributed by atoms with Gasteiger partial charge >= 0.3 is 5.97 Å². The summed E-state index contributed by atoms with van der Waals surface area (Å²) in [6.07, 6.45) is -1.19. The lowest BCUT2D eigenvalue weighted by Gasteiger charge is -2.22. The lowest BCUT2D eigenvalue weighted by atomic mass is 10.2. The first-order valence-electron chi connectivity index (χ1n) is 8.35. The predicted octanol–water partition coefficient (Wildman–Crippen LogP) is 2.52. The largest absolute Gasteiger partial charge is 0.433 e. The molecule has 0 spiro atoms. The summed E-state index contributed by atoms with van der Waals surface area (Å²) in [5, 5.41) is 0. The van der Waals surface area contributed by atoms with Crippen molar-refractivity contribution >= 4 is 16.1 Å². The first-order valence-corrected chi connectivity index (χ1v) is 9.76. The smallest absolute Gasteiger partial charge is 0.332 e. The van der Waals surface area contributed by atoms with E-state index in [4.69, 9.17) is 23.1 Å². The van der Waals surface area contributed by atoms with Crippen LogP contribution in [0.1, 0.15) is 26.3 Å². The quantitative estimate of drug-likeness (QED) is 0.173. The molecule has 0 aliphatic carbocycles. The van der Waals surface area contributed by atoms with Gasteiger partial charge in [-0.3, -0.25) is 4.18 Å². The van der Waals surface area contributed by atoms with Gasteiger partial charge in [-0.2, -0.15) is 8.42 Å². The second-order valence-electron chi connectivity index (χ2n) is 5.58. The Hall–Kier alpha value is -1.78. The molecule has 1 aromatic carbocycles. The number of hydrogen-bond acceptors (Lipinski definition) is 8. The van der Waals surface area contributed by atoms with Crippen molar-refractivity contribution in [1.29, 1.82) is 0 Å². The highest BCUT2D eigenvalue weighted by molar-refractivity contribution is 7.86. The number of aryl methyl sites for hydroxylation is 1. The third kappa shape index (κ3) is 9.12. The minimum Gasteiger partial charge on any atom is -0.433 e. The highest BCUT2D eigenvalue weighted by atomic mass is 32.2. The molecule has 0 aromatic heterocycles. The Kier molecular flexibility index (Phi) is 9.61. The number of esters is 1. The lowest BCUT2D eigenvalue weighted by molar-refractivity contribution is -0.274. The van der Waals surface area contributed by atoms with Gasteiger partial charge in [-0.25, -0.2) is 4.79 Å². The van der Waals surface area contributed by atoms with E-state index in [0.717, 1.165) is 11.6 Å². The van der Waals surface area contributed by atoms with E-state index in [2.05, 4.69) is 6.58 Å². The van der Waals surface area contributed by atoms with Crippen LogP contribution in [0.3, 0.4) is 0 Å². The number of benzene rings is 1. The van der Waals surface area contributed by atoms with E-state index in [1.54, 1.807) is 26.0 Å². The number of carbonyl (C=O) groups excluding carboxylic acids is 1. The summed E-state index contributed by atoms with van der Waals surface area (Å²) < 4.78 is 49.9. The van der Waals surface area contributed by atoms with Crippen LogP contribution in [0.15, 0.2) is 41.8 Å². The highest BCUT2D eigenvalue weighted by Gasteiger charge is 2.17. The molecule has 0 N–H and O–H groups in total. The van der Waals surface area contributed by atoms with Gasteiger partial charge in [0.05, 0.1) is 18.1 Å². The number of carbonyl (C=O) groups is 1. The van der Waals surface area contributed by atoms with Gasteiger partial charge in [0.2, 0.25) is 6.29 Å². The van der Waals surface area contributed by atoms with Gasteiger partial charge in [-0.1, -0.05) is 24.3 Å². The molecular formula is C18H26O8S. The summed E-state index contributed by atoms with van der Waals surface area (Å²) in [4.78, 5) is 11.1. The van der Waals surface area contributed by atoms with E-state index in [1.807, 2.05) is 6.92 Å². The van der Waals surface area contributed by atoms with Gasteiger partial charge in [0, 0.05) is 6.08 Å². The third-order valence-electron chi connectivity index (χ3n) is 3.20. The Balaban J connectivity index is 2.30. The van der Waals surface area contributed by atoms with Crippen molar-refractivity contribution in [3.8, 4) is 0 Å². The van der Waals surface area contributed by atoms with E-state index >= 15 is 0 Å². The van der Waals surface area contributed by atoms with Crippen LogP contribution in [0.2, 0.25) is 0 Å². The maximum atomic E-state index is 12.0. The van der Waals surface area contributed by atoms with E-state index in [0.29, 0.717) is 0 Å². The highest BCUT2D eigenvalue weighted by Crippen LogP contribution is 2.13. The average Bonchev–Trinajstić information content (AvgIpc) is 2.58. The molecule has 1 rings (SSSR count). The maximum Gasteiger partial charge on any atom is 0.332 e. The Morgan fingerprint density at radius 2 is 1.63 bits per heavy atom. The zero-order valence-corrected chi connectivity index (χ0v) is 16.7. The van der Waals surface area contributed by atoms with Crippen molar-refractivity contribution in [2.75, 3.05) is 13.2 Å². The molecule has 0 saturated heterocycles. The molecule has 3 unspecified atom stereocenters. The minimum atomic E-state index is -3.83. The van der Waals surface area contributed by atoms with Crippen molar-refractivity contribution in [2.45, 2.75) is 51.5 Å². The topological polar surface area (TPSA) is 97.4 Å². The first-order chi connectivity index (χ1) is 12.6. The van der Waals surface area contributed by atoms with Crippen molar-refractivity contribution in [3.63, 3.8) is 0 Å². The maximum absolute atomic E-state index is 12.0. The van der Waals surface area contributed by atoms with Gasteiger partial charge < -0.3 is 18.9 Å². The molecule has 0 aliphatic heterocycles. The standard InChI is InChI=1S/C18H26O8S/c1-6-18(19)26-16(5)25-15(4)24-14(3)22-11-12-23-27(20,21)17-9-7-13(2)8-10-17/h6-10,14-16H,1,11-12H2,2-5H3. The van der Waals surface area contributed by atoms with Crippen molar-refractivity contribution in [3.05, 3.63) is 42.5 Å². The van der Waals surface area contributed by atoms with Crippen molar-refractivity contribution in [1.82, 2.24) is 0 Å². The number of hydrogen-bond donors (Lipinski definition) is 0. The molecule has 0 aliphatic rings. The van der Waals surface area contributed by atoms with E-state index in [-0.39, 0.29) is 18.1 Å². The fourth-order valence-corrected chi connectivity index (χ4v) is 2.87. The van der Waals surface area contributed by atoms with Gasteiger partial charge in [-0.15, -0.1) is 0 Å².